The van der Waals surface area contributed by atoms with Crippen LogP contribution in [0.5, 0.6) is 0 Å². The zero-order chi connectivity index (χ0) is 20.3. The zero-order valence-electron chi connectivity index (χ0n) is 16.4. The number of thioether (sulfide) groups is 1. The first-order valence-corrected chi connectivity index (χ1v) is 11.3. The predicted octanol–water partition coefficient (Wildman–Crippen LogP) is 5.45. The summed E-state index contributed by atoms with van der Waals surface area (Å²) in [5.74, 6) is 1.14. The van der Waals surface area contributed by atoms with E-state index in [0.717, 1.165) is 30.1 Å². The molecule has 5 nitrogen and oxygen atoms in total. The van der Waals surface area contributed by atoms with Crippen LogP contribution in [0.1, 0.15) is 46.5 Å². The van der Waals surface area contributed by atoms with Gasteiger partial charge in [0.25, 0.3) is 0 Å². The Hall–Kier alpha value is -1.24. The highest BCUT2D eigenvalue weighted by atomic mass is 35.5. The van der Waals surface area contributed by atoms with Gasteiger partial charge in [0.2, 0.25) is 5.91 Å². The average Bonchev–Trinajstić information content (AvgIpc) is 3.26. The second-order valence-electron chi connectivity index (χ2n) is 7.68. The van der Waals surface area contributed by atoms with Crippen molar-refractivity contribution >= 4 is 40.9 Å². The molecule has 1 aromatic heterocycles. The van der Waals surface area contributed by atoms with Gasteiger partial charge in [0.1, 0.15) is 0 Å². The van der Waals surface area contributed by atoms with Crippen LogP contribution in [0.25, 0.3) is 11.4 Å². The summed E-state index contributed by atoms with van der Waals surface area (Å²) in [5.41, 5.74) is 0.786. The lowest BCUT2D eigenvalue weighted by molar-refractivity contribution is -0.120. The maximum Gasteiger partial charge on any atom is 0.233 e. The number of carbonyl (C=O) groups excluding carboxylic acids is 1. The summed E-state index contributed by atoms with van der Waals surface area (Å²) in [5, 5.41) is 13.5. The summed E-state index contributed by atoms with van der Waals surface area (Å²) in [6.45, 7) is 6.93. The molecule has 28 heavy (non-hydrogen) atoms. The Morgan fingerprint density at radius 3 is 2.61 bits per heavy atom. The molecule has 1 aliphatic carbocycles. The maximum atomic E-state index is 12.6. The number of aromatic nitrogens is 3. The monoisotopic (exact) mass is 440 g/mol. The third kappa shape index (κ3) is 5.22. The molecule has 0 radical (unpaired) electrons. The van der Waals surface area contributed by atoms with E-state index in [1.165, 1.54) is 24.6 Å². The fraction of sp³-hybridized carbons (Fsp3) is 0.550. The highest BCUT2D eigenvalue weighted by molar-refractivity contribution is 8.00. The van der Waals surface area contributed by atoms with Crippen molar-refractivity contribution in [2.75, 3.05) is 0 Å². The molecule has 1 fully saturated rings. The van der Waals surface area contributed by atoms with Crippen molar-refractivity contribution < 1.29 is 4.79 Å². The molecule has 0 bridgehead atoms. The summed E-state index contributed by atoms with van der Waals surface area (Å²) in [7, 11) is 0. The molecule has 1 atom stereocenters. The molecule has 1 aromatic carbocycles. The van der Waals surface area contributed by atoms with E-state index < -0.39 is 0 Å². The van der Waals surface area contributed by atoms with Crippen molar-refractivity contribution in [3.63, 3.8) is 0 Å². The average molecular weight is 441 g/mol. The minimum Gasteiger partial charge on any atom is -0.352 e. The predicted molar refractivity (Wildman–Crippen MR) is 116 cm³/mol. The van der Waals surface area contributed by atoms with Gasteiger partial charge in [-0.3, -0.25) is 4.79 Å². The molecular weight excluding hydrogens is 415 g/mol. The molecule has 0 spiro atoms. The van der Waals surface area contributed by atoms with E-state index in [4.69, 9.17) is 23.2 Å². The van der Waals surface area contributed by atoms with Gasteiger partial charge < -0.3 is 9.88 Å². The minimum absolute atomic E-state index is 0.0575. The van der Waals surface area contributed by atoms with Gasteiger partial charge in [0, 0.05) is 23.2 Å². The quantitative estimate of drug-likeness (QED) is 0.581. The number of nitrogens with one attached hydrogen (secondary N) is 1. The van der Waals surface area contributed by atoms with E-state index in [2.05, 4.69) is 29.4 Å². The fourth-order valence-corrected chi connectivity index (χ4v) is 4.74. The largest absolute Gasteiger partial charge is 0.352 e. The van der Waals surface area contributed by atoms with Crippen molar-refractivity contribution in [3.8, 4) is 11.4 Å². The van der Waals surface area contributed by atoms with Crippen LogP contribution in [-0.2, 0) is 11.3 Å². The van der Waals surface area contributed by atoms with Gasteiger partial charge in [-0.05, 0) is 43.9 Å². The Balaban J connectivity index is 1.82. The van der Waals surface area contributed by atoms with E-state index in [-0.39, 0.29) is 11.2 Å². The van der Waals surface area contributed by atoms with Gasteiger partial charge >= 0.3 is 0 Å². The number of benzene rings is 1. The highest BCUT2D eigenvalue weighted by Gasteiger charge is 2.25. The van der Waals surface area contributed by atoms with Crippen molar-refractivity contribution in [3.05, 3.63) is 28.2 Å². The lowest BCUT2D eigenvalue weighted by Crippen LogP contribution is -2.37. The number of rotatable bonds is 7. The Kier molecular flexibility index (Phi) is 7.29. The van der Waals surface area contributed by atoms with Gasteiger partial charge in [-0.15, -0.1) is 10.2 Å². The summed E-state index contributed by atoms with van der Waals surface area (Å²) in [4.78, 5) is 12.6. The smallest absolute Gasteiger partial charge is 0.233 e. The zero-order valence-corrected chi connectivity index (χ0v) is 18.7. The van der Waals surface area contributed by atoms with Crippen molar-refractivity contribution in [1.82, 2.24) is 20.1 Å². The van der Waals surface area contributed by atoms with E-state index in [0.29, 0.717) is 27.8 Å². The Morgan fingerprint density at radius 2 is 1.96 bits per heavy atom. The van der Waals surface area contributed by atoms with E-state index in [9.17, 15) is 4.79 Å². The molecule has 1 amide bonds. The summed E-state index contributed by atoms with van der Waals surface area (Å²) >= 11 is 13.9. The standard InChI is InChI=1S/C20H26Cl2N4OS/c1-12(2)11-26-18(16-9-8-14(21)10-17(16)22)24-25-20(26)28-13(3)19(27)23-15-6-4-5-7-15/h8-10,12-13,15H,4-7,11H2,1-3H3,(H,23,27). The fourth-order valence-electron chi connectivity index (χ4n) is 3.38. The number of hydrogen-bond donors (Lipinski definition) is 1. The lowest BCUT2D eigenvalue weighted by atomic mass is 10.2. The first-order chi connectivity index (χ1) is 13.3. The van der Waals surface area contributed by atoms with Gasteiger partial charge in [0.05, 0.1) is 10.3 Å². The Morgan fingerprint density at radius 1 is 1.25 bits per heavy atom. The van der Waals surface area contributed by atoms with Crippen LogP contribution in [0, 0.1) is 5.92 Å². The number of amides is 1. The van der Waals surface area contributed by atoms with Crippen molar-refractivity contribution in [2.45, 2.75) is 69.4 Å². The van der Waals surface area contributed by atoms with Crippen LogP contribution in [0.4, 0.5) is 0 Å². The molecule has 0 aliphatic heterocycles. The normalized spacial score (nSPS) is 15.9. The van der Waals surface area contributed by atoms with Gasteiger partial charge in [-0.2, -0.15) is 0 Å². The molecule has 1 N–H and O–H groups in total. The second-order valence-corrected chi connectivity index (χ2v) is 9.84. The highest BCUT2D eigenvalue weighted by Crippen LogP contribution is 2.33. The maximum absolute atomic E-state index is 12.6. The molecule has 1 heterocycles. The van der Waals surface area contributed by atoms with Crippen LogP contribution in [0.15, 0.2) is 23.4 Å². The SMILES string of the molecule is CC(C)Cn1c(SC(C)C(=O)NC2CCCC2)nnc1-c1ccc(Cl)cc1Cl. The van der Waals surface area contributed by atoms with E-state index >= 15 is 0 Å². The Labute approximate surface area is 180 Å². The number of hydrogen-bond acceptors (Lipinski definition) is 4. The van der Waals surface area contributed by atoms with Crippen LogP contribution in [0.3, 0.4) is 0 Å². The molecular formula is C20H26Cl2N4OS. The molecule has 1 saturated carbocycles. The molecule has 1 aliphatic rings. The van der Waals surface area contributed by atoms with Gasteiger partial charge in [0.15, 0.2) is 11.0 Å². The number of halogens is 2. The van der Waals surface area contributed by atoms with Crippen LogP contribution in [0.2, 0.25) is 10.0 Å². The van der Waals surface area contributed by atoms with Crippen LogP contribution in [-0.4, -0.2) is 32.0 Å². The molecule has 2 aromatic rings. The molecule has 3 rings (SSSR count). The second kappa shape index (κ2) is 9.51. The van der Waals surface area contributed by atoms with Gasteiger partial charge in [-0.25, -0.2) is 0 Å². The topological polar surface area (TPSA) is 59.8 Å². The van der Waals surface area contributed by atoms with E-state index in [1.54, 1.807) is 12.1 Å². The first-order valence-electron chi connectivity index (χ1n) is 9.70. The van der Waals surface area contributed by atoms with Crippen LogP contribution < -0.4 is 5.32 Å². The summed E-state index contributed by atoms with van der Waals surface area (Å²) < 4.78 is 2.05. The Bertz CT molecular complexity index is 834. The van der Waals surface area contributed by atoms with Gasteiger partial charge in [-0.1, -0.05) is 61.7 Å². The third-order valence-corrected chi connectivity index (χ3v) is 6.42. The molecule has 1 unspecified atom stereocenters. The first kappa shape index (κ1) is 21.5. The lowest BCUT2D eigenvalue weighted by Gasteiger charge is -2.17. The van der Waals surface area contributed by atoms with E-state index in [1.807, 2.05) is 17.6 Å². The summed E-state index contributed by atoms with van der Waals surface area (Å²) in [6.07, 6.45) is 4.54. The third-order valence-electron chi connectivity index (χ3n) is 4.79. The number of carbonyl (C=O) groups is 1. The summed E-state index contributed by atoms with van der Waals surface area (Å²) in [6, 6.07) is 5.67. The molecule has 0 saturated heterocycles. The number of nitrogens with zero attached hydrogens (tertiary/aromatic N) is 3. The van der Waals surface area contributed by atoms with Crippen molar-refractivity contribution in [2.24, 2.45) is 5.92 Å². The molecule has 152 valence electrons. The minimum atomic E-state index is -0.246. The van der Waals surface area contributed by atoms with Crippen LogP contribution >= 0.6 is 35.0 Å². The molecule has 8 heteroatoms. The van der Waals surface area contributed by atoms with Crippen molar-refractivity contribution in [1.29, 1.82) is 0 Å².